The van der Waals surface area contributed by atoms with Crippen LogP contribution in [0.1, 0.15) is 35.7 Å². The van der Waals surface area contributed by atoms with E-state index in [9.17, 15) is 4.79 Å². The normalized spacial score (nSPS) is 24.5. The zero-order valence-electron chi connectivity index (χ0n) is 16.1. The number of ether oxygens (including phenoxy) is 1. The summed E-state index contributed by atoms with van der Waals surface area (Å²) in [4.78, 5) is 20.9. The summed E-state index contributed by atoms with van der Waals surface area (Å²) in [5.41, 5.74) is 3.58. The minimum Gasteiger partial charge on any atom is -0.354 e. The van der Waals surface area contributed by atoms with Gasteiger partial charge in [0.05, 0.1) is 12.6 Å². The van der Waals surface area contributed by atoms with Gasteiger partial charge in [-0.3, -0.25) is 14.6 Å². The van der Waals surface area contributed by atoms with Crippen LogP contribution in [0.4, 0.5) is 0 Å². The topological polar surface area (TPSA) is 45.7 Å². The Balaban J connectivity index is 1.42. The van der Waals surface area contributed by atoms with E-state index in [0.29, 0.717) is 12.6 Å². The number of hydrogen-bond acceptors (Lipinski definition) is 5. The third-order valence-corrected chi connectivity index (χ3v) is 6.35. The molecule has 4 rings (SSSR count). The van der Waals surface area contributed by atoms with Gasteiger partial charge < -0.3 is 4.74 Å². The van der Waals surface area contributed by atoms with Gasteiger partial charge in [0.2, 0.25) is 0 Å². The van der Waals surface area contributed by atoms with E-state index in [1.807, 2.05) is 12.1 Å². The van der Waals surface area contributed by atoms with E-state index in [0.717, 1.165) is 49.1 Å². The molecule has 2 fully saturated rings. The van der Waals surface area contributed by atoms with Crippen LogP contribution in [0.5, 0.6) is 0 Å². The molecule has 148 valence electrons. The molecular formula is C22H26BrN3O2. The first-order valence-electron chi connectivity index (χ1n) is 9.89. The molecule has 1 aromatic heterocycles. The Kier molecular flexibility index (Phi) is 6.21. The van der Waals surface area contributed by atoms with E-state index in [1.165, 1.54) is 11.1 Å². The third kappa shape index (κ3) is 4.20. The van der Waals surface area contributed by atoms with Crippen LogP contribution in [-0.2, 0) is 16.1 Å². The number of carbonyl (C=O) groups is 1. The minimum atomic E-state index is -0.431. The number of carbonyl (C=O) groups excluding carboxylic acids is 1. The molecule has 2 aliphatic heterocycles. The van der Waals surface area contributed by atoms with Crippen molar-refractivity contribution in [3.63, 3.8) is 0 Å². The van der Waals surface area contributed by atoms with Crippen molar-refractivity contribution in [1.29, 1.82) is 0 Å². The smallest absolute Gasteiger partial charge is 0.167 e. The highest BCUT2D eigenvalue weighted by Crippen LogP contribution is 2.35. The number of aromatic nitrogens is 1. The molecule has 28 heavy (non-hydrogen) atoms. The zero-order chi connectivity index (χ0) is 19.5. The monoisotopic (exact) mass is 443 g/mol. The number of piperidine rings is 1. The first kappa shape index (κ1) is 19.7. The van der Waals surface area contributed by atoms with Crippen LogP contribution in [0.2, 0.25) is 0 Å². The SMILES string of the molecule is Cc1nc(Br)ccc1CN1CCC(N2C(C=O)OC[C@H]2c2ccccc2)CC1. The first-order chi connectivity index (χ1) is 13.7. The largest absolute Gasteiger partial charge is 0.354 e. The predicted octanol–water partition coefficient (Wildman–Crippen LogP) is 3.72. The number of nitrogens with zero attached hydrogens (tertiary/aromatic N) is 3. The van der Waals surface area contributed by atoms with E-state index in [1.54, 1.807) is 0 Å². The number of pyridine rings is 1. The Bertz CT molecular complexity index is 809. The lowest BCUT2D eigenvalue weighted by Gasteiger charge is -2.40. The molecule has 0 spiro atoms. The molecule has 0 amide bonds. The van der Waals surface area contributed by atoms with Gasteiger partial charge in [-0.1, -0.05) is 36.4 Å². The summed E-state index contributed by atoms with van der Waals surface area (Å²) in [6, 6.07) is 15.1. The molecule has 1 aromatic carbocycles. The van der Waals surface area contributed by atoms with Crippen LogP contribution in [0.25, 0.3) is 0 Å². The quantitative estimate of drug-likeness (QED) is 0.520. The molecule has 2 aromatic rings. The molecule has 3 heterocycles. The zero-order valence-corrected chi connectivity index (χ0v) is 17.7. The minimum absolute atomic E-state index is 0.158. The number of hydrogen-bond donors (Lipinski definition) is 0. The van der Waals surface area contributed by atoms with Crippen LogP contribution in [0, 0.1) is 6.92 Å². The lowest BCUT2D eigenvalue weighted by Crippen LogP contribution is -2.48. The van der Waals surface area contributed by atoms with Crippen LogP contribution in [0.15, 0.2) is 47.1 Å². The van der Waals surface area contributed by atoms with Crippen molar-refractivity contribution < 1.29 is 9.53 Å². The summed E-state index contributed by atoms with van der Waals surface area (Å²) in [6.07, 6.45) is 2.60. The average molecular weight is 444 g/mol. The molecular weight excluding hydrogens is 418 g/mol. The maximum Gasteiger partial charge on any atom is 0.167 e. The lowest BCUT2D eigenvalue weighted by molar-refractivity contribution is -0.124. The molecule has 0 bridgehead atoms. The van der Waals surface area contributed by atoms with E-state index in [4.69, 9.17) is 4.74 Å². The molecule has 2 saturated heterocycles. The fourth-order valence-corrected chi connectivity index (χ4v) is 4.80. The highest BCUT2D eigenvalue weighted by molar-refractivity contribution is 9.10. The number of aldehydes is 1. The predicted molar refractivity (Wildman–Crippen MR) is 112 cm³/mol. The van der Waals surface area contributed by atoms with Crippen molar-refractivity contribution in [2.45, 2.75) is 44.6 Å². The van der Waals surface area contributed by atoms with E-state index in [-0.39, 0.29) is 6.04 Å². The van der Waals surface area contributed by atoms with Gasteiger partial charge in [-0.05, 0) is 66.0 Å². The second-order valence-electron chi connectivity index (χ2n) is 7.62. The molecule has 0 N–H and O–H groups in total. The van der Waals surface area contributed by atoms with Crippen LogP contribution >= 0.6 is 15.9 Å². The van der Waals surface area contributed by atoms with E-state index in [2.05, 4.69) is 68.0 Å². The molecule has 5 nitrogen and oxygen atoms in total. The molecule has 0 aliphatic carbocycles. The maximum atomic E-state index is 11.6. The lowest BCUT2D eigenvalue weighted by atomic mass is 9.98. The fourth-order valence-electron chi connectivity index (χ4n) is 4.40. The Hall–Kier alpha value is -1.60. The van der Waals surface area contributed by atoms with Gasteiger partial charge in [0, 0.05) is 18.3 Å². The number of rotatable bonds is 5. The van der Waals surface area contributed by atoms with Crippen LogP contribution < -0.4 is 0 Å². The first-order valence-corrected chi connectivity index (χ1v) is 10.7. The summed E-state index contributed by atoms with van der Waals surface area (Å²) >= 11 is 3.43. The summed E-state index contributed by atoms with van der Waals surface area (Å²) in [6.45, 7) is 5.60. The van der Waals surface area contributed by atoms with Gasteiger partial charge in [0.1, 0.15) is 4.60 Å². The summed E-state index contributed by atoms with van der Waals surface area (Å²) in [7, 11) is 0. The van der Waals surface area contributed by atoms with Crippen molar-refractivity contribution in [2.24, 2.45) is 0 Å². The van der Waals surface area contributed by atoms with Crippen molar-refractivity contribution >= 4 is 22.2 Å². The van der Waals surface area contributed by atoms with Gasteiger partial charge in [-0.2, -0.15) is 0 Å². The number of halogens is 1. The van der Waals surface area contributed by atoms with Gasteiger partial charge >= 0.3 is 0 Å². The molecule has 6 heteroatoms. The Labute approximate surface area is 174 Å². The molecule has 0 radical (unpaired) electrons. The Morgan fingerprint density at radius 2 is 1.93 bits per heavy atom. The van der Waals surface area contributed by atoms with Gasteiger partial charge in [0.15, 0.2) is 12.5 Å². The summed E-state index contributed by atoms with van der Waals surface area (Å²) in [5, 5.41) is 0. The standard InChI is InChI=1S/C22H26BrN3O2/c1-16-18(7-8-21(23)24-16)13-25-11-9-19(10-12-25)26-20(15-28-22(26)14-27)17-5-3-2-4-6-17/h2-8,14,19-20,22H,9-13,15H2,1H3/t20-,22?/m0/s1. The van der Waals surface area contributed by atoms with Gasteiger partial charge in [-0.25, -0.2) is 4.98 Å². The Morgan fingerprint density at radius 3 is 2.61 bits per heavy atom. The van der Waals surface area contributed by atoms with Crippen molar-refractivity contribution in [2.75, 3.05) is 19.7 Å². The fraction of sp³-hybridized carbons (Fsp3) is 0.455. The third-order valence-electron chi connectivity index (χ3n) is 5.91. The highest BCUT2D eigenvalue weighted by atomic mass is 79.9. The average Bonchev–Trinajstić information content (AvgIpc) is 3.15. The van der Waals surface area contributed by atoms with Crippen LogP contribution in [0.3, 0.4) is 0 Å². The van der Waals surface area contributed by atoms with E-state index >= 15 is 0 Å². The number of aryl methyl sites for hydroxylation is 1. The second-order valence-corrected chi connectivity index (χ2v) is 8.43. The molecule has 1 unspecified atom stereocenters. The summed E-state index contributed by atoms with van der Waals surface area (Å²) < 4.78 is 6.70. The van der Waals surface area contributed by atoms with Crippen LogP contribution in [-0.4, -0.2) is 53.0 Å². The summed E-state index contributed by atoms with van der Waals surface area (Å²) in [5.74, 6) is 0. The Morgan fingerprint density at radius 1 is 1.18 bits per heavy atom. The molecule has 2 atom stereocenters. The molecule has 0 saturated carbocycles. The number of likely N-dealkylation sites (tertiary alicyclic amines) is 1. The maximum absolute atomic E-state index is 11.6. The van der Waals surface area contributed by atoms with E-state index < -0.39 is 6.23 Å². The van der Waals surface area contributed by atoms with Gasteiger partial charge in [-0.15, -0.1) is 0 Å². The van der Waals surface area contributed by atoms with Crippen molar-refractivity contribution in [1.82, 2.24) is 14.8 Å². The second kappa shape index (κ2) is 8.82. The number of benzene rings is 1. The molecule has 2 aliphatic rings. The van der Waals surface area contributed by atoms with Crippen molar-refractivity contribution in [3.8, 4) is 0 Å². The van der Waals surface area contributed by atoms with Crippen molar-refractivity contribution in [3.05, 3.63) is 63.9 Å². The van der Waals surface area contributed by atoms with Gasteiger partial charge in [0.25, 0.3) is 0 Å². The highest BCUT2D eigenvalue weighted by Gasteiger charge is 2.40.